The van der Waals surface area contributed by atoms with E-state index in [1.165, 1.54) is 0 Å². The average Bonchev–Trinajstić information content (AvgIpc) is 2.89. The maximum Gasteiger partial charge on any atom is 0.214 e. The van der Waals surface area contributed by atoms with Gasteiger partial charge in [-0.3, -0.25) is 0 Å². The molecule has 0 radical (unpaired) electrons. The molecule has 1 aromatic heterocycles. The number of hydrogen-bond donors (Lipinski definition) is 1. The van der Waals surface area contributed by atoms with Crippen molar-refractivity contribution in [2.24, 2.45) is 0 Å². The van der Waals surface area contributed by atoms with Crippen LogP contribution in [0.1, 0.15) is 12.8 Å². The van der Waals surface area contributed by atoms with E-state index in [0.29, 0.717) is 5.25 Å². The van der Waals surface area contributed by atoms with Gasteiger partial charge in [0.15, 0.2) is 0 Å². The summed E-state index contributed by atoms with van der Waals surface area (Å²) in [7, 11) is 0. The normalized spacial score (nSPS) is 16.6. The Kier molecular flexibility index (Phi) is 3.65. The Morgan fingerprint density at radius 1 is 1.21 bits per heavy atom. The summed E-state index contributed by atoms with van der Waals surface area (Å²) in [5.41, 5.74) is 0.845. The summed E-state index contributed by atoms with van der Waals surface area (Å²) in [5.74, 6) is 0.232. The quantitative estimate of drug-likeness (QED) is 0.920. The van der Waals surface area contributed by atoms with Crippen molar-refractivity contribution in [1.29, 1.82) is 0 Å². The van der Waals surface area contributed by atoms with Gasteiger partial charge in [-0.15, -0.1) is 5.10 Å². The third-order valence-corrected chi connectivity index (χ3v) is 4.25. The van der Waals surface area contributed by atoms with Crippen molar-refractivity contribution in [3.05, 3.63) is 24.3 Å². The molecule has 1 aliphatic heterocycles. The molecule has 0 bridgehead atoms. The van der Waals surface area contributed by atoms with Gasteiger partial charge in [0.1, 0.15) is 5.75 Å². The third-order valence-electron chi connectivity index (χ3n) is 2.98. The van der Waals surface area contributed by atoms with Crippen LogP contribution in [0.3, 0.4) is 0 Å². The summed E-state index contributed by atoms with van der Waals surface area (Å²) >= 11 is 1.68. The zero-order valence-corrected chi connectivity index (χ0v) is 11.1. The van der Waals surface area contributed by atoms with Crippen LogP contribution in [-0.4, -0.2) is 43.8 Å². The number of rotatable bonds is 3. The van der Waals surface area contributed by atoms with E-state index in [2.05, 4.69) is 15.5 Å². The smallest absolute Gasteiger partial charge is 0.214 e. The van der Waals surface area contributed by atoms with Gasteiger partial charge in [0.25, 0.3) is 0 Å². The van der Waals surface area contributed by atoms with E-state index < -0.39 is 0 Å². The van der Waals surface area contributed by atoms with E-state index in [0.717, 1.165) is 36.9 Å². The van der Waals surface area contributed by atoms with E-state index in [1.807, 2.05) is 0 Å². The molecule has 2 heterocycles. The minimum atomic E-state index is 0.232. The van der Waals surface area contributed by atoms with E-state index in [9.17, 15) is 5.11 Å². The first-order valence-electron chi connectivity index (χ1n) is 6.15. The molecule has 0 atom stereocenters. The van der Waals surface area contributed by atoms with Crippen molar-refractivity contribution in [1.82, 2.24) is 20.2 Å². The Balaban J connectivity index is 1.79. The Bertz CT molecular complexity index is 537. The van der Waals surface area contributed by atoms with Gasteiger partial charge < -0.3 is 9.84 Å². The zero-order chi connectivity index (χ0) is 13.1. The van der Waals surface area contributed by atoms with Crippen molar-refractivity contribution in [2.75, 3.05) is 13.2 Å². The zero-order valence-electron chi connectivity index (χ0n) is 10.3. The van der Waals surface area contributed by atoms with Gasteiger partial charge >= 0.3 is 0 Å². The molecule has 0 amide bonds. The van der Waals surface area contributed by atoms with Crippen molar-refractivity contribution >= 4 is 11.8 Å². The lowest BCUT2D eigenvalue weighted by Crippen LogP contribution is -2.18. The second kappa shape index (κ2) is 5.58. The molecule has 0 spiro atoms. The number of ether oxygens (including phenoxy) is 1. The van der Waals surface area contributed by atoms with E-state index in [4.69, 9.17) is 4.74 Å². The van der Waals surface area contributed by atoms with Gasteiger partial charge in [-0.2, -0.15) is 4.68 Å². The highest BCUT2D eigenvalue weighted by atomic mass is 32.2. The summed E-state index contributed by atoms with van der Waals surface area (Å²) in [6.45, 7) is 1.61. The molecule has 0 aliphatic carbocycles. The molecule has 1 saturated heterocycles. The van der Waals surface area contributed by atoms with Crippen LogP contribution in [-0.2, 0) is 4.74 Å². The molecule has 0 saturated carbocycles. The molecular weight excluding hydrogens is 264 g/mol. The Hall–Kier alpha value is -1.60. The van der Waals surface area contributed by atoms with Crippen molar-refractivity contribution < 1.29 is 9.84 Å². The Morgan fingerprint density at radius 2 is 1.95 bits per heavy atom. The molecule has 3 rings (SSSR count). The fourth-order valence-corrected chi connectivity index (χ4v) is 3.00. The number of aromatic nitrogens is 4. The van der Waals surface area contributed by atoms with Crippen molar-refractivity contribution in [3.63, 3.8) is 0 Å². The molecular formula is C12H14N4O2S. The average molecular weight is 278 g/mol. The minimum absolute atomic E-state index is 0.232. The fraction of sp³-hybridized carbons (Fsp3) is 0.417. The lowest BCUT2D eigenvalue weighted by atomic mass is 10.2. The van der Waals surface area contributed by atoms with Crippen LogP contribution in [0.15, 0.2) is 29.4 Å². The maximum absolute atomic E-state index is 9.30. The molecule has 1 fully saturated rings. The van der Waals surface area contributed by atoms with Gasteiger partial charge in [0, 0.05) is 18.5 Å². The number of phenolic OH excluding ortho intramolecular Hbond substituents is 1. The summed E-state index contributed by atoms with van der Waals surface area (Å²) < 4.78 is 7.04. The standard InChI is InChI=1S/C12H14N4O2S/c17-10-3-1-9(2-4-10)16-12(13-14-15-16)19-11-5-7-18-8-6-11/h1-4,11,17H,5-8H2. The van der Waals surface area contributed by atoms with Gasteiger partial charge in [0.05, 0.1) is 5.69 Å². The summed E-state index contributed by atoms with van der Waals surface area (Å²) in [4.78, 5) is 0. The maximum atomic E-state index is 9.30. The molecule has 1 aromatic carbocycles. The number of tetrazole rings is 1. The SMILES string of the molecule is Oc1ccc(-n2nnnc2SC2CCOCC2)cc1. The highest BCUT2D eigenvalue weighted by molar-refractivity contribution is 7.99. The number of hydrogen-bond acceptors (Lipinski definition) is 6. The Morgan fingerprint density at radius 3 is 2.68 bits per heavy atom. The van der Waals surface area contributed by atoms with E-state index >= 15 is 0 Å². The third kappa shape index (κ3) is 2.87. The summed E-state index contributed by atoms with van der Waals surface area (Å²) in [6, 6.07) is 6.83. The summed E-state index contributed by atoms with van der Waals surface area (Å²) in [5, 5.41) is 22.4. The van der Waals surface area contributed by atoms with Crippen molar-refractivity contribution in [2.45, 2.75) is 23.2 Å². The summed E-state index contributed by atoms with van der Waals surface area (Å²) in [6.07, 6.45) is 2.04. The monoisotopic (exact) mass is 278 g/mol. The largest absolute Gasteiger partial charge is 0.508 e. The number of nitrogens with zero attached hydrogens (tertiary/aromatic N) is 4. The lowest BCUT2D eigenvalue weighted by molar-refractivity contribution is 0.0999. The van der Waals surface area contributed by atoms with E-state index in [-0.39, 0.29) is 5.75 Å². The molecule has 1 aliphatic rings. The molecule has 2 aromatic rings. The van der Waals surface area contributed by atoms with Crippen LogP contribution >= 0.6 is 11.8 Å². The predicted molar refractivity (Wildman–Crippen MR) is 70.5 cm³/mol. The molecule has 6 nitrogen and oxygen atoms in total. The topological polar surface area (TPSA) is 73.1 Å². The van der Waals surface area contributed by atoms with E-state index in [1.54, 1.807) is 40.7 Å². The molecule has 100 valence electrons. The highest BCUT2D eigenvalue weighted by Gasteiger charge is 2.19. The Labute approximate surface area is 114 Å². The van der Waals surface area contributed by atoms with Crippen LogP contribution < -0.4 is 0 Å². The van der Waals surface area contributed by atoms with Crippen LogP contribution in [0.4, 0.5) is 0 Å². The van der Waals surface area contributed by atoms with Gasteiger partial charge in [0.2, 0.25) is 5.16 Å². The first kappa shape index (κ1) is 12.4. The minimum Gasteiger partial charge on any atom is -0.508 e. The first-order chi connectivity index (χ1) is 9.33. The van der Waals surface area contributed by atoms with Crippen LogP contribution in [0, 0.1) is 0 Å². The van der Waals surface area contributed by atoms with Crippen LogP contribution in [0.5, 0.6) is 5.75 Å². The predicted octanol–water partition coefficient (Wildman–Crippen LogP) is 1.64. The molecule has 7 heteroatoms. The second-order valence-electron chi connectivity index (χ2n) is 4.32. The van der Waals surface area contributed by atoms with Crippen molar-refractivity contribution in [3.8, 4) is 11.4 Å². The molecule has 1 N–H and O–H groups in total. The van der Waals surface area contributed by atoms with Gasteiger partial charge in [-0.05, 0) is 47.5 Å². The number of benzene rings is 1. The fourth-order valence-electron chi connectivity index (χ4n) is 1.95. The first-order valence-corrected chi connectivity index (χ1v) is 7.03. The number of thioether (sulfide) groups is 1. The lowest BCUT2D eigenvalue weighted by Gasteiger charge is -2.20. The van der Waals surface area contributed by atoms with Crippen LogP contribution in [0.2, 0.25) is 0 Å². The highest BCUT2D eigenvalue weighted by Crippen LogP contribution is 2.29. The van der Waals surface area contributed by atoms with Gasteiger partial charge in [-0.1, -0.05) is 11.8 Å². The molecule has 0 unspecified atom stereocenters. The molecule has 19 heavy (non-hydrogen) atoms. The number of phenols is 1. The van der Waals surface area contributed by atoms with Crippen LogP contribution in [0.25, 0.3) is 5.69 Å². The second-order valence-corrected chi connectivity index (χ2v) is 5.59. The number of aromatic hydroxyl groups is 1. The van der Waals surface area contributed by atoms with Gasteiger partial charge in [-0.25, -0.2) is 0 Å².